The van der Waals surface area contributed by atoms with Gasteiger partial charge in [-0.2, -0.15) is 0 Å². The highest BCUT2D eigenvalue weighted by atomic mass is 35.5. The molecule has 4 nitrogen and oxygen atoms in total. The number of fused-ring (bicyclic) bond motifs is 1. The standard InChI is InChI=1S/C12H16ClN3O/c1-2-16-10-4-3-8(13)7-9(10)15-12(16)11(17)5-6-14/h3-4,7,11,17H,2,5-6,14H2,1H3. The van der Waals surface area contributed by atoms with E-state index in [1.54, 1.807) is 0 Å². The van der Waals surface area contributed by atoms with Crippen LogP contribution in [0, 0.1) is 0 Å². The van der Waals surface area contributed by atoms with Crippen molar-refractivity contribution in [2.75, 3.05) is 6.54 Å². The lowest BCUT2D eigenvalue weighted by Crippen LogP contribution is -2.12. The molecule has 0 amide bonds. The van der Waals surface area contributed by atoms with Crippen LogP contribution in [0.5, 0.6) is 0 Å². The van der Waals surface area contributed by atoms with Crippen LogP contribution in [-0.4, -0.2) is 21.2 Å². The summed E-state index contributed by atoms with van der Waals surface area (Å²) in [4.78, 5) is 4.44. The average Bonchev–Trinajstić information content (AvgIpc) is 2.66. The van der Waals surface area contributed by atoms with E-state index in [0.717, 1.165) is 17.6 Å². The van der Waals surface area contributed by atoms with Crippen molar-refractivity contribution in [2.24, 2.45) is 5.73 Å². The summed E-state index contributed by atoms with van der Waals surface area (Å²) >= 11 is 5.93. The number of aliphatic hydroxyl groups excluding tert-OH is 1. The number of aryl methyl sites for hydroxylation is 1. The summed E-state index contributed by atoms with van der Waals surface area (Å²) in [5.41, 5.74) is 7.26. The third-order valence-corrected chi connectivity index (χ3v) is 3.03. The molecular formula is C12H16ClN3O. The number of hydrogen-bond acceptors (Lipinski definition) is 3. The first kappa shape index (κ1) is 12.4. The summed E-state index contributed by atoms with van der Waals surface area (Å²) in [6.45, 7) is 3.22. The number of halogens is 1. The van der Waals surface area contributed by atoms with Crippen LogP contribution in [0.15, 0.2) is 18.2 Å². The second kappa shape index (κ2) is 5.04. The molecule has 5 heteroatoms. The molecule has 2 rings (SSSR count). The molecule has 1 aromatic heterocycles. The summed E-state index contributed by atoms with van der Waals surface area (Å²) in [6, 6.07) is 5.56. The molecule has 17 heavy (non-hydrogen) atoms. The number of rotatable bonds is 4. The van der Waals surface area contributed by atoms with Crippen LogP contribution in [-0.2, 0) is 6.54 Å². The summed E-state index contributed by atoms with van der Waals surface area (Å²) in [5.74, 6) is 0.662. The lowest BCUT2D eigenvalue weighted by atomic mass is 10.2. The van der Waals surface area contributed by atoms with Gasteiger partial charge in [0.2, 0.25) is 0 Å². The summed E-state index contributed by atoms with van der Waals surface area (Å²) in [5, 5.41) is 10.7. The molecule has 0 fully saturated rings. The molecule has 0 radical (unpaired) electrons. The molecule has 2 aromatic rings. The normalized spacial score (nSPS) is 13.2. The van der Waals surface area contributed by atoms with E-state index in [1.165, 1.54) is 0 Å². The first-order valence-corrected chi connectivity index (χ1v) is 6.09. The third-order valence-electron chi connectivity index (χ3n) is 2.79. The van der Waals surface area contributed by atoms with Crippen molar-refractivity contribution in [2.45, 2.75) is 26.0 Å². The molecular weight excluding hydrogens is 238 g/mol. The van der Waals surface area contributed by atoms with Gasteiger partial charge in [0, 0.05) is 11.6 Å². The topological polar surface area (TPSA) is 64.1 Å². The van der Waals surface area contributed by atoms with E-state index in [-0.39, 0.29) is 0 Å². The minimum atomic E-state index is -0.619. The number of aromatic nitrogens is 2. The average molecular weight is 254 g/mol. The molecule has 1 unspecified atom stereocenters. The monoisotopic (exact) mass is 253 g/mol. The Hall–Kier alpha value is -1.10. The summed E-state index contributed by atoms with van der Waals surface area (Å²) in [6.07, 6.45) is -0.108. The van der Waals surface area contributed by atoms with E-state index in [2.05, 4.69) is 4.98 Å². The van der Waals surface area contributed by atoms with Crippen LogP contribution in [0.2, 0.25) is 5.02 Å². The van der Waals surface area contributed by atoms with Gasteiger partial charge in [0.05, 0.1) is 11.0 Å². The molecule has 0 spiro atoms. The van der Waals surface area contributed by atoms with E-state index < -0.39 is 6.10 Å². The first-order valence-electron chi connectivity index (χ1n) is 5.71. The highest BCUT2D eigenvalue weighted by Crippen LogP contribution is 2.24. The van der Waals surface area contributed by atoms with Crippen LogP contribution in [0.4, 0.5) is 0 Å². The zero-order valence-corrected chi connectivity index (χ0v) is 10.5. The largest absolute Gasteiger partial charge is 0.385 e. The Bertz CT molecular complexity index is 524. The Morgan fingerprint density at radius 2 is 2.29 bits per heavy atom. The van der Waals surface area contributed by atoms with E-state index in [1.807, 2.05) is 29.7 Å². The highest BCUT2D eigenvalue weighted by molar-refractivity contribution is 6.31. The lowest BCUT2D eigenvalue weighted by Gasteiger charge is -2.11. The Balaban J connectivity index is 2.55. The number of hydrogen-bond donors (Lipinski definition) is 2. The van der Waals surface area contributed by atoms with Crippen LogP contribution in [0.25, 0.3) is 11.0 Å². The fourth-order valence-electron chi connectivity index (χ4n) is 2.00. The van der Waals surface area contributed by atoms with Crippen LogP contribution >= 0.6 is 11.6 Å². The Morgan fingerprint density at radius 1 is 1.53 bits per heavy atom. The van der Waals surface area contributed by atoms with Crippen LogP contribution in [0.3, 0.4) is 0 Å². The predicted molar refractivity (Wildman–Crippen MR) is 69.0 cm³/mol. The van der Waals surface area contributed by atoms with Gasteiger partial charge in [-0.1, -0.05) is 11.6 Å². The number of aliphatic hydroxyl groups is 1. The van der Waals surface area contributed by atoms with Crippen molar-refractivity contribution in [1.29, 1.82) is 0 Å². The number of benzene rings is 1. The van der Waals surface area contributed by atoms with Gasteiger partial charge in [0.15, 0.2) is 0 Å². The highest BCUT2D eigenvalue weighted by Gasteiger charge is 2.16. The smallest absolute Gasteiger partial charge is 0.138 e. The fourth-order valence-corrected chi connectivity index (χ4v) is 2.16. The molecule has 0 aliphatic carbocycles. The lowest BCUT2D eigenvalue weighted by molar-refractivity contribution is 0.156. The maximum absolute atomic E-state index is 10.0. The minimum Gasteiger partial charge on any atom is -0.385 e. The molecule has 1 atom stereocenters. The number of nitrogens with two attached hydrogens (primary N) is 1. The van der Waals surface area contributed by atoms with E-state index in [9.17, 15) is 5.11 Å². The van der Waals surface area contributed by atoms with Gasteiger partial charge >= 0.3 is 0 Å². The molecule has 92 valence electrons. The van der Waals surface area contributed by atoms with Crippen molar-refractivity contribution >= 4 is 22.6 Å². The maximum atomic E-state index is 10.0. The SMILES string of the molecule is CCn1c(C(O)CCN)nc2cc(Cl)ccc21. The molecule has 0 aliphatic rings. The van der Waals surface area contributed by atoms with Gasteiger partial charge in [-0.15, -0.1) is 0 Å². The Kier molecular flexibility index (Phi) is 3.66. The third kappa shape index (κ3) is 2.29. The number of nitrogens with zero attached hydrogens (tertiary/aromatic N) is 2. The van der Waals surface area contributed by atoms with Crippen molar-refractivity contribution < 1.29 is 5.11 Å². The minimum absolute atomic E-state index is 0.439. The molecule has 0 bridgehead atoms. The zero-order valence-electron chi connectivity index (χ0n) is 9.73. The molecule has 0 aliphatic heterocycles. The maximum Gasteiger partial charge on any atom is 0.138 e. The van der Waals surface area contributed by atoms with Crippen LogP contribution < -0.4 is 5.73 Å². The summed E-state index contributed by atoms with van der Waals surface area (Å²) in [7, 11) is 0. The van der Waals surface area contributed by atoms with Crippen molar-refractivity contribution in [3.63, 3.8) is 0 Å². The van der Waals surface area contributed by atoms with Gasteiger partial charge in [-0.05, 0) is 38.1 Å². The van der Waals surface area contributed by atoms with E-state index >= 15 is 0 Å². The molecule has 1 heterocycles. The van der Waals surface area contributed by atoms with Gasteiger partial charge in [-0.3, -0.25) is 0 Å². The first-order chi connectivity index (χ1) is 8.17. The van der Waals surface area contributed by atoms with Gasteiger partial charge in [-0.25, -0.2) is 4.98 Å². The van der Waals surface area contributed by atoms with Crippen molar-refractivity contribution in [3.05, 3.63) is 29.0 Å². The van der Waals surface area contributed by atoms with E-state index in [4.69, 9.17) is 17.3 Å². The Labute approximate surface area is 105 Å². The molecule has 3 N–H and O–H groups in total. The van der Waals surface area contributed by atoms with Crippen molar-refractivity contribution in [3.8, 4) is 0 Å². The molecule has 0 saturated carbocycles. The quantitative estimate of drug-likeness (QED) is 0.877. The molecule has 1 aromatic carbocycles. The fraction of sp³-hybridized carbons (Fsp3) is 0.417. The number of imidazole rings is 1. The zero-order chi connectivity index (χ0) is 12.4. The van der Waals surface area contributed by atoms with Crippen LogP contribution in [0.1, 0.15) is 25.3 Å². The Morgan fingerprint density at radius 3 is 2.94 bits per heavy atom. The van der Waals surface area contributed by atoms with Gasteiger partial charge < -0.3 is 15.4 Å². The second-order valence-electron chi connectivity index (χ2n) is 3.94. The van der Waals surface area contributed by atoms with Crippen molar-refractivity contribution in [1.82, 2.24) is 9.55 Å². The molecule has 0 saturated heterocycles. The van der Waals surface area contributed by atoms with Gasteiger partial charge in [0.1, 0.15) is 11.9 Å². The second-order valence-corrected chi connectivity index (χ2v) is 4.38. The summed E-state index contributed by atoms with van der Waals surface area (Å²) < 4.78 is 1.99. The van der Waals surface area contributed by atoms with Gasteiger partial charge in [0.25, 0.3) is 0 Å². The van der Waals surface area contributed by atoms with E-state index in [0.29, 0.717) is 23.8 Å². The predicted octanol–water partition coefficient (Wildman–Crippen LogP) is 2.09.